The van der Waals surface area contributed by atoms with Crippen LogP contribution in [0.25, 0.3) is 0 Å². The fraction of sp³-hybridized carbons (Fsp3) is 0.211. The van der Waals surface area contributed by atoms with Crippen LogP contribution < -0.4 is 4.74 Å². The molecule has 0 spiro atoms. The van der Waals surface area contributed by atoms with Crippen molar-refractivity contribution in [2.75, 3.05) is 13.2 Å². The lowest BCUT2D eigenvalue weighted by molar-refractivity contribution is -0.134. The highest BCUT2D eigenvalue weighted by Crippen LogP contribution is 2.14. The number of benzene rings is 1. The van der Waals surface area contributed by atoms with Gasteiger partial charge in [0.1, 0.15) is 11.6 Å². The van der Waals surface area contributed by atoms with Gasteiger partial charge in [-0.15, -0.1) is 11.3 Å². The second kappa shape index (κ2) is 8.48. The van der Waals surface area contributed by atoms with Gasteiger partial charge in [-0.1, -0.05) is 6.07 Å². The third kappa shape index (κ3) is 5.19. The van der Waals surface area contributed by atoms with E-state index in [9.17, 15) is 9.18 Å². The Bertz CT molecular complexity index is 770. The molecule has 0 aliphatic heterocycles. The molecule has 0 atom stereocenters. The maximum atomic E-state index is 12.9. The van der Waals surface area contributed by atoms with Crippen LogP contribution in [0, 0.1) is 5.82 Å². The van der Waals surface area contributed by atoms with E-state index in [4.69, 9.17) is 9.15 Å². The molecule has 130 valence electrons. The molecule has 0 bridgehead atoms. The number of ether oxygens (including phenoxy) is 1. The first-order valence-electron chi connectivity index (χ1n) is 7.90. The van der Waals surface area contributed by atoms with Gasteiger partial charge in [0.15, 0.2) is 6.61 Å². The maximum absolute atomic E-state index is 12.9. The molecule has 0 N–H and O–H groups in total. The first-order chi connectivity index (χ1) is 12.2. The lowest BCUT2D eigenvalue weighted by atomic mass is 10.2. The molecular formula is C19H18FNO3S. The lowest BCUT2D eigenvalue weighted by Crippen LogP contribution is -2.35. The van der Waals surface area contributed by atoms with Gasteiger partial charge in [-0.05, 0) is 48.2 Å². The molecule has 4 nitrogen and oxygen atoms in total. The third-order valence-corrected chi connectivity index (χ3v) is 4.63. The van der Waals surface area contributed by atoms with Gasteiger partial charge in [-0.2, -0.15) is 0 Å². The minimum Gasteiger partial charge on any atom is -0.484 e. The summed E-state index contributed by atoms with van der Waals surface area (Å²) in [5, 5.41) is 2.02. The van der Waals surface area contributed by atoms with E-state index in [-0.39, 0.29) is 18.3 Å². The van der Waals surface area contributed by atoms with Gasteiger partial charge >= 0.3 is 0 Å². The maximum Gasteiger partial charge on any atom is 0.260 e. The van der Waals surface area contributed by atoms with Crippen LogP contribution in [0.1, 0.15) is 10.4 Å². The number of halogens is 1. The summed E-state index contributed by atoms with van der Waals surface area (Å²) in [6.07, 6.45) is 4.01. The molecule has 1 amide bonds. The zero-order chi connectivity index (χ0) is 17.5. The van der Waals surface area contributed by atoms with Gasteiger partial charge in [0.25, 0.3) is 5.91 Å². The Labute approximate surface area is 149 Å². The molecule has 0 unspecified atom stereocenters. The van der Waals surface area contributed by atoms with Crippen LogP contribution in [0.5, 0.6) is 5.75 Å². The summed E-state index contributed by atoms with van der Waals surface area (Å²) in [7, 11) is 0. The molecule has 2 heterocycles. The number of thiophene rings is 1. The zero-order valence-corrected chi connectivity index (χ0v) is 14.4. The molecule has 3 rings (SSSR count). The van der Waals surface area contributed by atoms with Gasteiger partial charge in [-0.3, -0.25) is 4.79 Å². The predicted molar refractivity (Wildman–Crippen MR) is 94.0 cm³/mol. The number of carbonyl (C=O) groups is 1. The summed E-state index contributed by atoms with van der Waals surface area (Å²) < 4.78 is 23.5. The zero-order valence-electron chi connectivity index (χ0n) is 13.6. The van der Waals surface area contributed by atoms with E-state index in [0.717, 1.165) is 12.0 Å². The fourth-order valence-electron chi connectivity index (χ4n) is 2.36. The quantitative estimate of drug-likeness (QED) is 0.607. The summed E-state index contributed by atoms with van der Waals surface area (Å²) >= 11 is 1.67. The molecule has 1 aromatic carbocycles. The van der Waals surface area contributed by atoms with Gasteiger partial charge in [-0.25, -0.2) is 4.39 Å². The monoisotopic (exact) mass is 359 g/mol. The van der Waals surface area contributed by atoms with E-state index in [2.05, 4.69) is 6.07 Å². The first-order valence-corrected chi connectivity index (χ1v) is 8.78. The molecular weight excluding hydrogens is 341 g/mol. The standard InChI is InChI=1S/C19H18FNO3S/c20-16-3-5-17(6-4-16)24-14-19(22)21(12-15-8-10-23-13-15)9-7-18-2-1-11-25-18/h1-6,8,10-11,13H,7,9,12,14H2. The van der Waals surface area contributed by atoms with Crippen molar-refractivity contribution in [2.45, 2.75) is 13.0 Å². The van der Waals surface area contributed by atoms with Crippen LogP contribution in [-0.2, 0) is 17.8 Å². The topological polar surface area (TPSA) is 42.7 Å². The number of furan rings is 1. The highest BCUT2D eigenvalue weighted by Gasteiger charge is 2.16. The Morgan fingerprint density at radius 1 is 1.20 bits per heavy atom. The van der Waals surface area contributed by atoms with Crippen LogP contribution in [0.2, 0.25) is 0 Å². The second-order valence-corrected chi connectivity index (χ2v) is 6.55. The van der Waals surface area contributed by atoms with E-state index in [1.54, 1.807) is 28.8 Å². The smallest absolute Gasteiger partial charge is 0.260 e. The molecule has 3 aromatic rings. The normalized spacial score (nSPS) is 10.6. The Balaban J connectivity index is 1.60. The van der Waals surface area contributed by atoms with Gasteiger partial charge in [0, 0.05) is 23.5 Å². The molecule has 0 saturated heterocycles. The van der Waals surface area contributed by atoms with Gasteiger partial charge in [0.2, 0.25) is 0 Å². The number of hydrogen-bond acceptors (Lipinski definition) is 4. The average Bonchev–Trinajstić information content (AvgIpc) is 3.31. The SMILES string of the molecule is O=C(COc1ccc(F)cc1)N(CCc1cccs1)Cc1ccoc1. The average molecular weight is 359 g/mol. The highest BCUT2D eigenvalue weighted by atomic mass is 32.1. The van der Waals surface area contributed by atoms with Crippen LogP contribution in [-0.4, -0.2) is 24.0 Å². The number of hydrogen-bond donors (Lipinski definition) is 0. The molecule has 0 radical (unpaired) electrons. The van der Waals surface area contributed by atoms with Crippen molar-refractivity contribution >= 4 is 17.2 Å². The molecule has 0 fully saturated rings. The third-order valence-electron chi connectivity index (χ3n) is 3.69. The highest BCUT2D eigenvalue weighted by molar-refractivity contribution is 7.09. The minimum absolute atomic E-state index is 0.0894. The van der Waals surface area contributed by atoms with E-state index >= 15 is 0 Å². The van der Waals surface area contributed by atoms with E-state index in [1.165, 1.54) is 29.1 Å². The molecule has 0 aliphatic rings. The summed E-state index contributed by atoms with van der Waals surface area (Å²) in [4.78, 5) is 15.5. The molecule has 0 saturated carbocycles. The Kier molecular flexibility index (Phi) is 5.85. The van der Waals surface area contributed by atoms with Crippen molar-refractivity contribution in [1.82, 2.24) is 4.90 Å². The summed E-state index contributed by atoms with van der Waals surface area (Å²) in [6.45, 7) is 0.971. The Morgan fingerprint density at radius 3 is 2.72 bits per heavy atom. The van der Waals surface area contributed by atoms with Crippen molar-refractivity contribution in [3.63, 3.8) is 0 Å². The number of amides is 1. The Morgan fingerprint density at radius 2 is 2.04 bits per heavy atom. The summed E-state index contributed by atoms with van der Waals surface area (Å²) in [5.74, 6) is 0.00885. The fourth-order valence-corrected chi connectivity index (χ4v) is 3.06. The molecule has 6 heteroatoms. The van der Waals surface area contributed by atoms with Crippen molar-refractivity contribution in [1.29, 1.82) is 0 Å². The number of nitrogens with zero attached hydrogens (tertiary/aromatic N) is 1. The number of rotatable bonds is 8. The van der Waals surface area contributed by atoms with Crippen molar-refractivity contribution < 1.29 is 18.3 Å². The Hall–Kier alpha value is -2.60. The van der Waals surface area contributed by atoms with Crippen molar-refractivity contribution in [3.8, 4) is 5.75 Å². The van der Waals surface area contributed by atoms with Gasteiger partial charge < -0.3 is 14.1 Å². The lowest BCUT2D eigenvalue weighted by Gasteiger charge is -2.22. The molecule has 25 heavy (non-hydrogen) atoms. The molecule has 0 aliphatic carbocycles. The molecule has 2 aromatic heterocycles. The van der Waals surface area contributed by atoms with E-state index < -0.39 is 0 Å². The van der Waals surface area contributed by atoms with E-state index in [0.29, 0.717) is 18.8 Å². The summed E-state index contributed by atoms with van der Waals surface area (Å²) in [6, 6.07) is 11.5. The largest absolute Gasteiger partial charge is 0.484 e. The number of carbonyl (C=O) groups excluding carboxylic acids is 1. The van der Waals surface area contributed by atoms with Crippen LogP contribution in [0.4, 0.5) is 4.39 Å². The van der Waals surface area contributed by atoms with Crippen LogP contribution >= 0.6 is 11.3 Å². The predicted octanol–water partition coefficient (Wildman–Crippen LogP) is 4.13. The second-order valence-electron chi connectivity index (χ2n) is 5.52. The minimum atomic E-state index is -0.337. The van der Waals surface area contributed by atoms with Crippen LogP contribution in [0.15, 0.2) is 64.8 Å². The van der Waals surface area contributed by atoms with E-state index in [1.807, 2.05) is 17.5 Å². The summed E-state index contributed by atoms with van der Waals surface area (Å²) in [5.41, 5.74) is 0.932. The van der Waals surface area contributed by atoms with Crippen LogP contribution in [0.3, 0.4) is 0 Å². The first kappa shape index (κ1) is 17.2. The van der Waals surface area contributed by atoms with Crippen molar-refractivity contribution in [3.05, 3.63) is 76.6 Å². The van der Waals surface area contributed by atoms with Crippen molar-refractivity contribution in [2.24, 2.45) is 0 Å². The van der Waals surface area contributed by atoms with Gasteiger partial charge in [0.05, 0.1) is 12.5 Å².